The standard InChI is InChI=1S/C16H20FN3/c1-5-18-16-14(17)11(4)19-15(20-16)13-8-6-12(7-9-13)10(2)3/h6-10H,5H2,1-4H3,(H,18,19,20). The van der Waals surface area contributed by atoms with Crippen LogP contribution in [0.3, 0.4) is 0 Å². The lowest BCUT2D eigenvalue weighted by Gasteiger charge is -2.10. The van der Waals surface area contributed by atoms with E-state index in [9.17, 15) is 4.39 Å². The first-order valence-corrected chi connectivity index (χ1v) is 6.91. The van der Waals surface area contributed by atoms with E-state index in [0.717, 1.165) is 5.56 Å². The van der Waals surface area contributed by atoms with E-state index in [-0.39, 0.29) is 11.6 Å². The fourth-order valence-electron chi connectivity index (χ4n) is 1.99. The summed E-state index contributed by atoms with van der Waals surface area (Å²) < 4.78 is 13.9. The Labute approximate surface area is 119 Å². The molecule has 3 nitrogen and oxygen atoms in total. The first-order valence-electron chi connectivity index (χ1n) is 6.91. The maximum absolute atomic E-state index is 13.9. The third-order valence-corrected chi connectivity index (χ3v) is 3.20. The van der Waals surface area contributed by atoms with E-state index in [1.54, 1.807) is 6.92 Å². The first kappa shape index (κ1) is 14.4. The molecule has 0 atom stereocenters. The van der Waals surface area contributed by atoms with Gasteiger partial charge in [0, 0.05) is 12.1 Å². The van der Waals surface area contributed by atoms with Crippen LogP contribution in [0.5, 0.6) is 0 Å². The highest BCUT2D eigenvalue weighted by Crippen LogP contribution is 2.23. The van der Waals surface area contributed by atoms with E-state index in [4.69, 9.17) is 0 Å². The average molecular weight is 273 g/mol. The predicted molar refractivity (Wildman–Crippen MR) is 80.4 cm³/mol. The fraction of sp³-hybridized carbons (Fsp3) is 0.375. The largest absolute Gasteiger partial charge is 0.368 e. The van der Waals surface area contributed by atoms with Gasteiger partial charge in [-0.05, 0) is 25.3 Å². The van der Waals surface area contributed by atoms with Crippen LogP contribution in [0.25, 0.3) is 11.4 Å². The minimum absolute atomic E-state index is 0.267. The van der Waals surface area contributed by atoms with Crippen molar-refractivity contribution in [2.75, 3.05) is 11.9 Å². The molecule has 2 aromatic rings. The van der Waals surface area contributed by atoms with Crippen molar-refractivity contribution in [3.8, 4) is 11.4 Å². The maximum atomic E-state index is 13.9. The predicted octanol–water partition coefficient (Wildman–Crippen LogP) is 4.15. The monoisotopic (exact) mass is 273 g/mol. The summed E-state index contributed by atoms with van der Waals surface area (Å²) in [5, 5.41) is 2.93. The van der Waals surface area contributed by atoms with E-state index in [1.807, 2.05) is 19.1 Å². The zero-order valence-corrected chi connectivity index (χ0v) is 12.4. The average Bonchev–Trinajstić information content (AvgIpc) is 2.44. The van der Waals surface area contributed by atoms with E-state index in [0.29, 0.717) is 24.0 Å². The number of hydrogen-bond donors (Lipinski definition) is 1. The number of hydrogen-bond acceptors (Lipinski definition) is 3. The van der Waals surface area contributed by atoms with Crippen molar-refractivity contribution in [3.63, 3.8) is 0 Å². The Balaban J connectivity index is 2.41. The number of halogens is 1. The second kappa shape index (κ2) is 5.99. The smallest absolute Gasteiger partial charge is 0.186 e. The van der Waals surface area contributed by atoms with Crippen LogP contribution in [-0.2, 0) is 0 Å². The van der Waals surface area contributed by atoms with Crippen molar-refractivity contribution in [1.82, 2.24) is 9.97 Å². The van der Waals surface area contributed by atoms with Crippen LogP contribution in [0.4, 0.5) is 10.2 Å². The van der Waals surface area contributed by atoms with Crippen molar-refractivity contribution in [3.05, 3.63) is 41.3 Å². The SMILES string of the molecule is CCNc1nc(-c2ccc(C(C)C)cc2)nc(C)c1F. The minimum Gasteiger partial charge on any atom is -0.368 e. The molecule has 2 rings (SSSR count). The summed E-state index contributed by atoms with van der Waals surface area (Å²) in [6, 6.07) is 8.10. The zero-order valence-electron chi connectivity index (χ0n) is 12.4. The summed E-state index contributed by atoms with van der Waals surface area (Å²) >= 11 is 0. The Morgan fingerprint density at radius 1 is 1.15 bits per heavy atom. The van der Waals surface area contributed by atoms with Gasteiger partial charge in [0.05, 0.1) is 5.69 Å². The Morgan fingerprint density at radius 3 is 2.35 bits per heavy atom. The van der Waals surface area contributed by atoms with E-state index in [1.165, 1.54) is 5.56 Å². The lowest BCUT2D eigenvalue weighted by molar-refractivity contribution is 0.606. The third-order valence-electron chi connectivity index (χ3n) is 3.20. The molecule has 1 N–H and O–H groups in total. The summed E-state index contributed by atoms with van der Waals surface area (Å²) in [6.07, 6.45) is 0. The Kier molecular flexibility index (Phi) is 4.32. The van der Waals surface area contributed by atoms with Gasteiger partial charge in [-0.3, -0.25) is 0 Å². The number of aryl methyl sites for hydroxylation is 1. The minimum atomic E-state index is -0.380. The molecule has 0 saturated carbocycles. The summed E-state index contributed by atoms with van der Waals surface area (Å²) in [5.41, 5.74) is 2.52. The van der Waals surface area contributed by atoms with Gasteiger partial charge in [0.25, 0.3) is 0 Å². The molecule has 0 saturated heterocycles. The van der Waals surface area contributed by atoms with Crippen molar-refractivity contribution in [2.24, 2.45) is 0 Å². The normalized spacial score (nSPS) is 10.9. The number of nitrogens with one attached hydrogen (secondary N) is 1. The third kappa shape index (κ3) is 2.95. The van der Waals surface area contributed by atoms with Crippen LogP contribution < -0.4 is 5.32 Å². The number of aromatic nitrogens is 2. The molecular weight excluding hydrogens is 253 g/mol. The highest BCUT2D eigenvalue weighted by Gasteiger charge is 2.12. The second-order valence-electron chi connectivity index (χ2n) is 5.10. The molecule has 20 heavy (non-hydrogen) atoms. The van der Waals surface area contributed by atoms with Gasteiger partial charge in [0.15, 0.2) is 17.5 Å². The quantitative estimate of drug-likeness (QED) is 0.909. The molecule has 0 aliphatic carbocycles. The lowest BCUT2D eigenvalue weighted by atomic mass is 10.0. The molecule has 1 heterocycles. The molecule has 0 spiro atoms. The summed E-state index contributed by atoms with van der Waals surface area (Å²) in [7, 11) is 0. The molecule has 1 aromatic carbocycles. The van der Waals surface area contributed by atoms with Gasteiger partial charge in [0.2, 0.25) is 0 Å². The van der Waals surface area contributed by atoms with Crippen LogP contribution in [0.15, 0.2) is 24.3 Å². The fourth-order valence-corrected chi connectivity index (χ4v) is 1.99. The number of benzene rings is 1. The van der Waals surface area contributed by atoms with Gasteiger partial charge < -0.3 is 5.32 Å². The van der Waals surface area contributed by atoms with Gasteiger partial charge in [-0.1, -0.05) is 38.1 Å². The summed E-state index contributed by atoms with van der Waals surface area (Å²) in [6.45, 7) is 8.49. The zero-order chi connectivity index (χ0) is 14.7. The van der Waals surface area contributed by atoms with Crippen LogP contribution in [0, 0.1) is 12.7 Å². The molecule has 0 aliphatic rings. The van der Waals surface area contributed by atoms with Gasteiger partial charge in [-0.25, -0.2) is 14.4 Å². The summed E-state index contributed by atoms with van der Waals surface area (Å²) in [5.74, 6) is 0.921. The Hall–Kier alpha value is -1.97. The van der Waals surface area contributed by atoms with Crippen LogP contribution in [-0.4, -0.2) is 16.5 Å². The molecule has 1 aromatic heterocycles. The van der Waals surface area contributed by atoms with Crippen LogP contribution in [0.2, 0.25) is 0 Å². The van der Waals surface area contributed by atoms with Crippen molar-refractivity contribution in [1.29, 1.82) is 0 Å². The summed E-state index contributed by atoms with van der Waals surface area (Å²) in [4.78, 5) is 8.50. The number of rotatable bonds is 4. The lowest BCUT2D eigenvalue weighted by Crippen LogP contribution is -2.06. The second-order valence-corrected chi connectivity index (χ2v) is 5.10. The number of anilines is 1. The highest BCUT2D eigenvalue weighted by molar-refractivity contribution is 5.58. The molecule has 0 bridgehead atoms. The van der Waals surface area contributed by atoms with Crippen LogP contribution >= 0.6 is 0 Å². The van der Waals surface area contributed by atoms with Crippen molar-refractivity contribution < 1.29 is 4.39 Å². The molecule has 106 valence electrons. The Bertz CT molecular complexity index is 591. The van der Waals surface area contributed by atoms with E-state index in [2.05, 4.69) is 41.3 Å². The van der Waals surface area contributed by atoms with Gasteiger partial charge >= 0.3 is 0 Å². The molecule has 0 amide bonds. The highest BCUT2D eigenvalue weighted by atomic mass is 19.1. The molecule has 0 radical (unpaired) electrons. The van der Waals surface area contributed by atoms with Gasteiger partial charge in [-0.15, -0.1) is 0 Å². The molecule has 4 heteroatoms. The molecule has 0 unspecified atom stereocenters. The van der Waals surface area contributed by atoms with Crippen molar-refractivity contribution in [2.45, 2.75) is 33.6 Å². The van der Waals surface area contributed by atoms with Crippen molar-refractivity contribution >= 4 is 5.82 Å². The Morgan fingerprint density at radius 2 is 1.80 bits per heavy atom. The van der Waals surface area contributed by atoms with E-state index < -0.39 is 0 Å². The van der Waals surface area contributed by atoms with Gasteiger partial charge in [-0.2, -0.15) is 0 Å². The molecular formula is C16H20FN3. The molecule has 0 fully saturated rings. The number of nitrogens with zero attached hydrogens (tertiary/aromatic N) is 2. The topological polar surface area (TPSA) is 37.8 Å². The maximum Gasteiger partial charge on any atom is 0.186 e. The van der Waals surface area contributed by atoms with Gasteiger partial charge in [0.1, 0.15) is 0 Å². The van der Waals surface area contributed by atoms with Crippen LogP contribution in [0.1, 0.15) is 37.9 Å². The molecule has 0 aliphatic heterocycles. The first-order chi connectivity index (χ1) is 9.52. The van der Waals surface area contributed by atoms with E-state index >= 15 is 0 Å².